The number of benzene rings is 1. The molecular formula is C13H16O4. The lowest BCUT2D eigenvalue weighted by Gasteiger charge is -2.09. The van der Waals surface area contributed by atoms with Crippen LogP contribution in [0.5, 0.6) is 11.5 Å². The van der Waals surface area contributed by atoms with E-state index in [0.29, 0.717) is 0 Å². The zero-order valence-corrected chi connectivity index (χ0v) is 10.3. The fourth-order valence-corrected chi connectivity index (χ4v) is 2.22. The van der Waals surface area contributed by atoms with Gasteiger partial charge in [0.1, 0.15) is 6.10 Å². The highest BCUT2D eigenvalue weighted by molar-refractivity contribution is 5.66. The second-order valence-electron chi connectivity index (χ2n) is 4.12. The van der Waals surface area contributed by atoms with Crippen molar-refractivity contribution in [1.29, 1.82) is 0 Å². The summed E-state index contributed by atoms with van der Waals surface area (Å²) in [6.45, 7) is 1.43. The molecule has 1 aromatic carbocycles. The third-order valence-corrected chi connectivity index (χ3v) is 2.93. The number of rotatable bonds is 3. The van der Waals surface area contributed by atoms with Gasteiger partial charge in [0.15, 0.2) is 11.5 Å². The number of methoxy groups -OCH3 is 2. The summed E-state index contributed by atoms with van der Waals surface area (Å²) in [7, 11) is 3.23. The molecule has 0 fully saturated rings. The van der Waals surface area contributed by atoms with Gasteiger partial charge in [0, 0.05) is 19.8 Å². The van der Waals surface area contributed by atoms with E-state index < -0.39 is 0 Å². The average Bonchev–Trinajstić information content (AvgIpc) is 2.66. The van der Waals surface area contributed by atoms with Crippen molar-refractivity contribution in [1.82, 2.24) is 0 Å². The van der Waals surface area contributed by atoms with E-state index in [0.717, 1.165) is 35.5 Å². The number of carbonyl (C=O) groups excluding carboxylic acids is 1. The molecule has 0 saturated heterocycles. The third-order valence-electron chi connectivity index (χ3n) is 2.93. The summed E-state index contributed by atoms with van der Waals surface area (Å²) in [5.41, 5.74) is 2.32. The van der Waals surface area contributed by atoms with Gasteiger partial charge in [-0.1, -0.05) is 0 Å². The molecule has 0 saturated carbocycles. The molecule has 0 unspecified atom stereocenters. The van der Waals surface area contributed by atoms with E-state index in [2.05, 4.69) is 0 Å². The highest BCUT2D eigenvalue weighted by Crippen LogP contribution is 2.35. The first-order chi connectivity index (χ1) is 8.13. The van der Waals surface area contributed by atoms with Gasteiger partial charge in [0.2, 0.25) is 0 Å². The molecule has 0 amide bonds. The monoisotopic (exact) mass is 236 g/mol. The maximum Gasteiger partial charge on any atom is 0.302 e. The first kappa shape index (κ1) is 11.8. The van der Waals surface area contributed by atoms with Crippen LogP contribution >= 0.6 is 0 Å². The average molecular weight is 236 g/mol. The minimum Gasteiger partial charge on any atom is -0.493 e. The van der Waals surface area contributed by atoms with Crippen LogP contribution in [0.2, 0.25) is 0 Å². The summed E-state index contributed by atoms with van der Waals surface area (Å²) in [5, 5.41) is 0. The number of ether oxygens (including phenoxy) is 3. The molecule has 0 N–H and O–H groups in total. The molecule has 0 atom stereocenters. The number of fused-ring (bicyclic) bond motifs is 1. The van der Waals surface area contributed by atoms with Crippen molar-refractivity contribution in [2.75, 3.05) is 14.2 Å². The summed E-state index contributed by atoms with van der Waals surface area (Å²) >= 11 is 0. The van der Waals surface area contributed by atoms with Gasteiger partial charge in [0.05, 0.1) is 14.2 Å². The van der Waals surface area contributed by atoms with E-state index in [4.69, 9.17) is 14.2 Å². The van der Waals surface area contributed by atoms with Crippen LogP contribution in [0.25, 0.3) is 0 Å². The smallest absolute Gasteiger partial charge is 0.302 e. The highest BCUT2D eigenvalue weighted by atomic mass is 16.5. The quantitative estimate of drug-likeness (QED) is 0.750. The van der Waals surface area contributed by atoms with Crippen molar-refractivity contribution in [3.05, 3.63) is 23.3 Å². The molecule has 17 heavy (non-hydrogen) atoms. The van der Waals surface area contributed by atoms with Crippen LogP contribution in [0.4, 0.5) is 0 Å². The van der Waals surface area contributed by atoms with Crippen molar-refractivity contribution in [3.63, 3.8) is 0 Å². The Morgan fingerprint density at radius 3 is 1.94 bits per heavy atom. The number of hydrogen-bond donors (Lipinski definition) is 0. The van der Waals surface area contributed by atoms with Crippen molar-refractivity contribution in [2.24, 2.45) is 0 Å². The fourth-order valence-electron chi connectivity index (χ4n) is 2.22. The lowest BCUT2D eigenvalue weighted by Crippen LogP contribution is -2.15. The number of esters is 1. The van der Waals surface area contributed by atoms with Gasteiger partial charge >= 0.3 is 5.97 Å². The minimum atomic E-state index is -0.235. The maximum atomic E-state index is 10.9. The SMILES string of the molecule is COc1cc2c(cc1OC)CC(OC(C)=O)C2. The van der Waals surface area contributed by atoms with Crippen molar-refractivity contribution >= 4 is 5.97 Å². The molecule has 4 heteroatoms. The van der Waals surface area contributed by atoms with E-state index in [-0.39, 0.29) is 12.1 Å². The normalized spacial score (nSPS) is 14.3. The van der Waals surface area contributed by atoms with Crippen LogP contribution in [-0.4, -0.2) is 26.3 Å². The lowest BCUT2D eigenvalue weighted by atomic mass is 10.1. The van der Waals surface area contributed by atoms with Gasteiger partial charge < -0.3 is 14.2 Å². The van der Waals surface area contributed by atoms with Gasteiger partial charge in [-0.2, -0.15) is 0 Å². The van der Waals surface area contributed by atoms with Crippen molar-refractivity contribution < 1.29 is 19.0 Å². The summed E-state index contributed by atoms with van der Waals surface area (Å²) in [6, 6.07) is 3.91. The summed E-state index contributed by atoms with van der Waals surface area (Å²) in [5.74, 6) is 1.20. The molecule has 0 aliphatic heterocycles. The van der Waals surface area contributed by atoms with Gasteiger partial charge in [-0.05, 0) is 23.3 Å². The Balaban J connectivity index is 2.23. The Hall–Kier alpha value is -1.71. The molecule has 1 aromatic rings. The Morgan fingerprint density at radius 1 is 1.12 bits per heavy atom. The van der Waals surface area contributed by atoms with Crippen LogP contribution in [-0.2, 0) is 22.4 Å². The van der Waals surface area contributed by atoms with Gasteiger partial charge in [0.25, 0.3) is 0 Å². The first-order valence-corrected chi connectivity index (χ1v) is 5.55. The zero-order chi connectivity index (χ0) is 12.4. The molecule has 0 aromatic heterocycles. The summed E-state index contributed by atoms with van der Waals surface area (Å²) in [4.78, 5) is 10.9. The van der Waals surface area contributed by atoms with E-state index in [1.54, 1.807) is 14.2 Å². The van der Waals surface area contributed by atoms with E-state index in [9.17, 15) is 4.79 Å². The minimum absolute atomic E-state index is 0.0562. The van der Waals surface area contributed by atoms with E-state index in [1.807, 2.05) is 12.1 Å². The Kier molecular flexibility index (Phi) is 3.22. The predicted octanol–water partition coefficient (Wildman–Crippen LogP) is 1.73. The maximum absolute atomic E-state index is 10.9. The predicted molar refractivity (Wildman–Crippen MR) is 62.5 cm³/mol. The molecule has 0 bridgehead atoms. The molecule has 1 aliphatic rings. The van der Waals surface area contributed by atoms with Crippen LogP contribution in [0, 0.1) is 0 Å². The summed E-state index contributed by atoms with van der Waals surface area (Å²) < 4.78 is 15.7. The van der Waals surface area contributed by atoms with Crippen LogP contribution in [0.3, 0.4) is 0 Å². The number of carbonyl (C=O) groups is 1. The second kappa shape index (κ2) is 4.65. The fraction of sp³-hybridized carbons (Fsp3) is 0.462. The van der Waals surface area contributed by atoms with Crippen LogP contribution in [0.1, 0.15) is 18.1 Å². The standard InChI is InChI=1S/C13H16O4/c1-8(14)17-11-4-9-6-12(15-2)13(16-3)7-10(9)5-11/h6-7,11H,4-5H2,1-3H3. The van der Waals surface area contributed by atoms with Gasteiger partial charge in [-0.15, -0.1) is 0 Å². The second-order valence-corrected chi connectivity index (χ2v) is 4.12. The lowest BCUT2D eigenvalue weighted by molar-refractivity contribution is -0.145. The van der Waals surface area contributed by atoms with Gasteiger partial charge in [-0.3, -0.25) is 4.79 Å². The molecule has 4 nitrogen and oxygen atoms in total. The third kappa shape index (κ3) is 2.35. The highest BCUT2D eigenvalue weighted by Gasteiger charge is 2.25. The number of hydrogen-bond acceptors (Lipinski definition) is 4. The molecule has 0 heterocycles. The Labute approximate surface area is 100 Å². The molecule has 2 rings (SSSR count). The van der Waals surface area contributed by atoms with Crippen molar-refractivity contribution in [3.8, 4) is 11.5 Å². The molecule has 1 aliphatic carbocycles. The summed E-state index contributed by atoms with van der Waals surface area (Å²) in [6.07, 6.45) is 1.43. The largest absolute Gasteiger partial charge is 0.493 e. The van der Waals surface area contributed by atoms with Gasteiger partial charge in [-0.25, -0.2) is 0 Å². The topological polar surface area (TPSA) is 44.8 Å². The van der Waals surface area contributed by atoms with Crippen LogP contribution < -0.4 is 9.47 Å². The van der Waals surface area contributed by atoms with E-state index in [1.165, 1.54) is 6.92 Å². The van der Waals surface area contributed by atoms with E-state index >= 15 is 0 Å². The zero-order valence-electron chi connectivity index (χ0n) is 10.3. The van der Waals surface area contributed by atoms with Crippen LogP contribution in [0.15, 0.2) is 12.1 Å². The Bertz CT molecular complexity index is 406. The van der Waals surface area contributed by atoms with Crippen molar-refractivity contribution in [2.45, 2.75) is 25.9 Å². The molecule has 92 valence electrons. The molecule has 0 radical (unpaired) electrons. The molecular weight excluding hydrogens is 220 g/mol. The molecule has 0 spiro atoms. The Morgan fingerprint density at radius 2 is 1.59 bits per heavy atom. The first-order valence-electron chi connectivity index (χ1n) is 5.55.